The van der Waals surface area contributed by atoms with E-state index in [0.717, 1.165) is 0 Å². The van der Waals surface area contributed by atoms with Crippen molar-refractivity contribution in [2.75, 3.05) is 6.61 Å². The fraction of sp³-hybridized carbons (Fsp3) is 1.00. The molecular weight excluding hydrogens is 300 g/mol. The van der Waals surface area contributed by atoms with Gasteiger partial charge in [0.25, 0.3) is 0 Å². The molecule has 0 aromatic rings. The predicted octanol–water partition coefficient (Wildman–Crippen LogP) is 4.75. The van der Waals surface area contributed by atoms with Crippen LogP contribution in [0.4, 0.5) is 35.1 Å². The Morgan fingerprint density at radius 2 is 1.50 bits per heavy atom. The van der Waals surface area contributed by atoms with Crippen molar-refractivity contribution >= 4 is 0 Å². The third-order valence-corrected chi connectivity index (χ3v) is 2.76. The highest BCUT2D eigenvalue weighted by Gasteiger charge is 2.74. The lowest BCUT2D eigenvalue weighted by molar-refractivity contribution is -0.339. The normalized spacial score (nSPS) is 15.8. The predicted molar refractivity (Wildman–Crippen MR) is 55.8 cm³/mol. The molecule has 0 heterocycles. The maximum Gasteiger partial charge on any atom is 0.377 e. The molecule has 0 radical (unpaired) electrons. The lowest BCUT2D eigenvalue weighted by Gasteiger charge is -2.32. The van der Waals surface area contributed by atoms with E-state index in [9.17, 15) is 35.1 Å². The molecule has 0 aliphatic heterocycles. The van der Waals surface area contributed by atoms with Crippen LogP contribution in [0.25, 0.3) is 0 Å². The second-order valence-corrected chi connectivity index (χ2v) is 4.40. The van der Waals surface area contributed by atoms with Crippen LogP contribution < -0.4 is 0 Å². The van der Waals surface area contributed by atoms with Crippen molar-refractivity contribution in [3.8, 4) is 0 Å². The maximum absolute atomic E-state index is 13.0. The Morgan fingerprint density at radius 1 is 1.00 bits per heavy atom. The first-order valence-corrected chi connectivity index (χ1v) is 5.93. The lowest BCUT2D eigenvalue weighted by Crippen LogP contribution is -2.57. The summed E-state index contributed by atoms with van der Waals surface area (Å²) in [6.45, 7) is 3.00. The Bertz CT molecular complexity index is 292. The van der Waals surface area contributed by atoms with Crippen molar-refractivity contribution in [2.24, 2.45) is 0 Å². The average molecular weight is 316 g/mol. The molecule has 0 saturated carbocycles. The first kappa shape index (κ1) is 19.4. The Kier molecular flexibility index (Phi) is 6.70. The topological polar surface area (TPSA) is 9.23 Å². The van der Waals surface area contributed by atoms with Crippen LogP contribution in [0.5, 0.6) is 0 Å². The third-order valence-electron chi connectivity index (χ3n) is 2.76. The van der Waals surface area contributed by atoms with Gasteiger partial charge in [-0.25, -0.2) is 8.78 Å². The second-order valence-electron chi connectivity index (χ2n) is 4.40. The molecule has 0 saturated heterocycles. The third kappa shape index (κ3) is 4.20. The highest BCUT2D eigenvalue weighted by atomic mass is 19.4. The molecule has 0 fully saturated rings. The number of halogens is 8. The van der Waals surface area contributed by atoms with Crippen LogP contribution in [-0.4, -0.2) is 36.9 Å². The van der Waals surface area contributed by atoms with Gasteiger partial charge in [0.15, 0.2) is 0 Å². The van der Waals surface area contributed by atoms with Crippen molar-refractivity contribution in [1.82, 2.24) is 0 Å². The highest BCUT2D eigenvalue weighted by molar-refractivity contribution is 4.97. The monoisotopic (exact) mass is 316 g/mol. The van der Waals surface area contributed by atoms with Crippen molar-refractivity contribution in [2.45, 2.75) is 63.4 Å². The molecule has 0 amide bonds. The summed E-state index contributed by atoms with van der Waals surface area (Å²) in [5.74, 6) is -17.5. The zero-order chi connectivity index (χ0) is 16.2. The molecule has 0 aromatic carbocycles. The summed E-state index contributed by atoms with van der Waals surface area (Å²) in [5.41, 5.74) is 0. The minimum absolute atomic E-state index is 0.299. The quantitative estimate of drug-likeness (QED) is 0.440. The molecule has 20 heavy (non-hydrogen) atoms. The molecule has 0 aromatic heterocycles. The van der Waals surface area contributed by atoms with E-state index in [1.165, 1.54) is 0 Å². The Balaban J connectivity index is 4.62. The van der Waals surface area contributed by atoms with Gasteiger partial charge in [-0.3, -0.25) is 0 Å². The molecule has 0 spiro atoms. The average Bonchev–Trinajstić information content (AvgIpc) is 2.33. The van der Waals surface area contributed by atoms with Crippen LogP contribution in [0.15, 0.2) is 0 Å². The number of hydrogen-bond donors (Lipinski definition) is 0. The Labute approximate surface area is 111 Å². The fourth-order valence-corrected chi connectivity index (χ4v) is 1.23. The molecule has 0 bridgehead atoms. The van der Waals surface area contributed by atoms with Crippen LogP contribution in [0.2, 0.25) is 0 Å². The minimum Gasteiger partial charge on any atom is -0.379 e. The molecule has 1 nitrogen and oxygen atoms in total. The molecule has 0 aliphatic carbocycles. The first-order chi connectivity index (χ1) is 8.90. The summed E-state index contributed by atoms with van der Waals surface area (Å²) in [4.78, 5) is 0. The van der Waals surface area contributed by atoms with E-state index in [0.29, 0.717) is 6.42 Å². The van der Waals surface area contributed by atoms with Gasteiger partial charge >= 0.3 is 24.2 Å². The van der Waals surface area contributed by atoms with E-state index < -0.39 is 37.0 Å². The molecule has 0 rings (SSSR count). The zero-order valence-electron chi connectivity index (χ0n) is 10.9. The number of alkyl halides is 8. The summed E-state index contributed by atoms with van der Waals surface area (Å²) in [7, 11) is 0. The van der Waals surface area contributed by atoms with Gasteiger partial charge in [-0.2, -0.15) is 26.3 Å². The van der Waals surface area contributed by atoms with Crippen LogP contribution in [0, 0.1) is 0 Å². The van der Waals surface area contributed by atoms with E-state index >= 15 is 0 Å². The molecule has 122 valence electrons. The Hall–Kier alpha value is -0.600. The largest absolute Gasteiger partial charge is 0.379 e. The molecule has 0 N–H and O–H groups in total. The smallest absolute Gasteiger partial charge is 0.377 e. The van der Waals surface area contributed by atoms with Gasteiger partial charge in [-0.1, -0.05) is 6.92 Å². The van der Waals surface area contributed by atoms with Gasteiger partial charge < -0.3 is 4.74 Å². The summed E-state index contributed by atoms with van der Waals surface area (Å²) < 4.78 is 105. The molecule has 1 atom stereocenters. The SMILES string of the molecule is CCC(C)OCCCC(F)(F)C(F)(F)C(F)(F)C(F)F. The molecule has 1 unspecified atom stereocenters. The molecule has 0 aliphatic rings. The minimum atomic E-state index is -6.12. The van der Waals surface area contributed by atoms with Crippen molar-refractivity contribution < 1.29 is 39.9 Å². The molecular formula is C11H16F8O. The van der Waals surface area contributed by atoms with Gasteiger partial charge in [0, 0.05) is 13.0 Å². The zero-order valence-corrected chi connectivity index (χ0v) is 10.9. The summed E-state index contributed by atoms with van der Waals surface area (Å²) in [5, 5.41) is 0. The van der Waals surface area contributed by atoms with Gasteiger partial charge in [0.2, 0.25) is 0 Å². The van der Waals surface area contributed by atoms with Gasteiger partial charge in [-0.05, 0) is 19.8 Å². The summed E-state index contributed by atoms with van der Waals surface area (Å²) >= 11 is 0. The second kappa shape index (κ2) is 6.91. The summed E-state index contributed by atoms with van der Waals surface area (Å²) in [6.07, 6.45) is -6.94. The van der Waals surface area contributed by atoms with Crippen molar-refractivity contribution in [3.05, 3.63) is 0 Å². The standard InChI is InChI=1S/C11H16F8O/c1-3-7(2)20-6-4-5-9(14,15)11(18,19)10(16,17)8(12)13/h7-8H,3-6H2,1-2H3. The van der Waals surface area contributed by atoms with Gasteiger partial charge in [0.05, 0.1) is 6.10 Å². The van der Waals surface area contributed by atoms with Crippen molar-refractivity contribution in [3.63, 3.8) is 0 Å². The van der Waals surface area contributed by atoms with Crippen LogP contribution in [0.1, 0.15) is 33.1 Å². The van der Waals surface area contributed by atoms with E-state index in [1.54, 1.807) is 13.8 Å². The number of hydrogen-bond acceptors (Lipinski definition) is 1. The van der Waals surface area contributed by atoms with Gasteiger partial charge in [0.1, 0.15) is 0 Å². The number of rotatable bonds is 9. The lowest BCUT2D eigenvalue weighted by atomic mass is 10.0. The van der Waals surface area contributed by atoms with Crippen LogP contribution in [-0.2, 0) is 4.74 Å². The van der Waals surface area contributed by atoms with E-state index in [1.807, 2.05) is 0 Å². The fourth-order valence-electron chi connectivity index (χ4n) is 1.23. The van der Waals surface area contributed by atoms with Crippen LogP contribution in [0.3, 0.4) is 0 Å². The maximum atomic E-state index is 13.0. The Morgan fingerprint density at radius 3 is 1.90 bits per heavy atom. The van der Waals surface area contributed by atoms with Crippen molar-refractivity contribution in [1.29, 1.82) is 0 Å². The highest BCUT2D eigenvalue weighted by Crippen LogP contribution is 2.50. The van der Waals surface area contributed by atoms with E-state index in [-0.39, 0.29) is 12.7 Å². The van der Waals surface area contributed by atoms with E-state index in [2.05, 4.69) is 0 Å². The summed E-state index contributed by atoms with van der Waals surface area (Å²) in [6, 6.07) is 0. The van der Waals surface area contributed by atoms with Crippen LogP contribution >= 0.6 is 0 Å². The number of ether oxygens (including phenoxy) is 1. The van der Waals surface area contributed by atoms with Gasteiger partial charge in [-0.15, -0.1) is 0 Å². The van der Waals surface area contributed by atoms with E-state index in [4.69, 9.17) is 4.74 Å². The molecule has 9 heteroatoms. The first-order valence-electron chi connectivity index (χ1n) is 5.93.